The Labute approximate surface area is 231 Å². The molecule has 7 nitrogen and oxygen atoms in total. The third kappa shape index (κ3) is 6.87. The molecule has 0 aliphatic heterocycles. The standard InChI is InChI=1S/C31H37N3O4S/c1-23-12-11-17-28(20-23)34(39(37,38)29-18-5-4-6-19-29)22-30(35)33(21-26-14-8-7-13-24(26)2)25(3)31(36)32-27-15-9-10-16-27/h4-8,11-14,17-20,25,27H,9-10,15-16,21-22H2,1-3H3,(H,32,36)/t25-/m1/s1. The first-order valence-corrected chi connectivity index (χ1v) is 14.9. The van der Waals surface area contributed by atoms with E-state index < -0.39 is 28.5 Å². The first-order valence-electron chi connectivity index (χ1n) is 13.5. The minimum Gasteiger partial charge on any atom is -0.352 e. The monoisotopic (exact) mass is 547 g/mol. The number of rotatable bonds is 10. The molecule has 0 spiro atoms. The predicted molar refractivity (Wildman–Crippen MR) is 154 cm³/mol. The van der Waals surface area contributed by atoms with Crippen LogP contribution in [0.5, 0.6) is 0 Å². The van der Waals surface area contributed by atoms with E-state index in [1.807, 2.05) is 44.2 Å². The molecule has 0 heterocycles. The summed E-state index contributed by atoms with van der Waals surface area (Å²) in [6, 6.07) is 22.2. The van der Waals surface area contributed by atoms with E-state index in [0.717, 1.165) is 46.7 Å². The fourth-order valence-corrected chi connectivity index (χ4v) is 6.40. The number of carbonyl (C=O) groups excluding carboxylic acids is 2. The molecule has 1 N–H and O–H groups in total. The Morgan fingerprint density at radius 1 is 0.923 bits per heavy atom. The van der Waals surface area contributed by atoms with E-state index in [4.69, 9.17) is 0 Å². The van der Waals surface area contributed by atoms with Crippen LogP contribution in [0.15, 0.2) is 83.8 Å². The molecule has 0 saturated heterocycles. The van der Waals surface area contributed by atoms with Crippen LogP contribution < -0.4 is 9.62 Å². The van der Waals surface area contributed by atoms with E-state index in [9.17, 15) is 18.0 Å². The molecule has 1 aliphatic carbocycles. The lowest BCUT2D eigenvalue weighted by atomic mass is 10.1. The summed E-state index contributed by atoms with van der Waals surface area (Å²) >= 11 is 0. The highest BCUT2D eigenvalue weighted by molar-refractivity contribution is 7.92. The number of hydrogen-bond donors (Lipinski definition) is 1. The zero-order chi connectivity index (χ0) is 28.0. The number of benzene rings is 3. The molecule has 1 aliphatic rings. The highest BCUT2D eigenvalue weighted by Gasteiger charge is 2.33. The van der Waals surface area contributed by atoms with E-state index in [0.29, 0.717) is 5.69 Å². The van der Waals surface area contributed by atoms with Crippen molar-refractivity contribution in [3.8, 4) is 0 Å². The molecule has 206 valence electrons. The van der Waals surface area contributed by atoms with Gasteiger partial charge in [-0.2, -0.15) is 0 Å². The van der Waals surface area contributed by atoms with Gasteiger partial charge in [-0.15, -0.1) is 0 Å². The second kappa shape index (κ2) is 12.5. The largest absolute Gasteiger partial charge is 0.352 e. The van der Waals surface area contributed by atoms with E-state index in [2.05, 4.69) is 5.32 Å². The van der Waals surface area contributed by atoms with Gasteiger partial charge in [-0.1, -0.05) is 67.4 Å². The molecule has 3 aromatic rings. The van der Waals surface area contributed by atoms with E-state index in [1.54, 1.807) is 43.3 Å². The minimum absolute atomic E-state index is 0.0942. The van der Waals surface area contributed by atoms with E-state index >= 15 is 0 Å². The predicted octanol–water partition coefficient (Wildman–Crippen LogP) is 4.97. The molecule has 4 rings (SSSR count). The number of aryl methyl sites for hydroxylation is 2. The Hall–Kier alpha value is -3.65. The zero-order valence-corrected chi connectivity index (χ0v) is 23.7. The fourth-order valence-electron chi connectivity index (χ4n) is 4.98. The molecule has 2 amide bonds. The molecule has 3 aromatic carbocycles. The smallest absolute Gasteiger partial charge is 0.264 e. The average Bonchev–Trinajstić information content (AvgIpc) is 3.44. The Bertz CT molecular complexity index is 1400. The van der Waals surface area contributed by atoms with Crippen LogP contribution in [0.3, 0.4) is 0 Å². The third-order valence-corrected chi connectivity index (χ3v) is 9.16. The van der Waals surface area contributed by atoms with Gasteiger partial charge in [0, 0.05) is 12.6 Å². The molecule has 1 fully saturated rings. The SMILES string of the molecule is Cc1cccc(N(CC(=O)N(Cc2ccccc2C)[C@H](C)C(=O)NC2CCCC2)S(=O)(=O)c2ccccc2)c1. The summed E-state index contributed by atoms with van der Waals surface area (Å²) in [5, 5.41) is 3.10. The number of sulfonamides is 1. The average molecular weight is 548 g/mol. The zero-order valence-electron chi connectivity index (χ0n) is 22.8. The Morgan fingerprint density at radius 2 is 1.59 bits per heavy atom. The van der Waals surface area contributed by atoms with Gasteiger partial charge in [-0.25, -0.2) is 8.42 Å². The number of amides is 2. The summed E-state index contributed by atoms with van der Waals surface area (Å²) in [6.45, 7) is 5.30. The highest BCUT2D eigenvalue weighted by atomic mass is 32.2. The molecule has 1 saturated carbocycles. The van der Waals surface area contributed by atoms with Crippen LogP contribution in [0.2, 0.25) is 0 Å². The summed E-state index contributed by atoms with van der Waals surface area (Å²) in [7, 11) is -4.06. The lowest BCUT2D eigenvalue weighted by molar-refractivity contribution is -0.139. The normalized spacial score (nSPS) is 14.5. The van der Waals surface area contributed by atoms with Crippen molar-refractivity contribution < 1.29 is 18.0 Å². The highest BCUT2D eigenvalue weighted by Crippen LogP contribution is 2.26. The first-order chi connectivity index (χ1) is 18.7. The van der Waals surface area contributed by atoms with Gasteiger partial charge in [0.05, 0.1) is 10.6 Å². The van der Waals surface area contributed by atoms with Crippen molar-refractivity contribution in [1.82, 2.24) is 10.2 Å². The van der Waals surface area contributed by atoms with Crippen molar-refractivity contribution in [3.63, 3.8) is 0 Å². The van der Waals surface area contributed by atoms with Crippen LogP contribution in [0.25, 0.3) is 0 Å². The van der Waals surface area contributed by atoms with Crippen molar-refractivity contribution in [3.05, 3.63) is 95.6 Å². The molecular weight excluding hydrogens is 510 g/mol. The molecule has 0 aromatic heterocycles. The van der Waals surface area contributed by atoms with Gasteiger partial charge in [0.1, 0.15) is 12.6 Å². The summed E-state index contributed by atoms with van der Waals surface area (Å²) < 4.78 is 28.8. The first kappa shape index (κ1) is 28.4. The van der Waals surface area contributed by atoms with Crippen LogP contribution in [0, 0.1) is 13.8 Å². The Morgan fingerprint density at radius 3 is 2.26 bits per heavy atom. The Balaban J connectivity index is 1.69. The number of hydrogen-bond acceptors (Lipinski definition) is 4. The second-order valence-electron chi connectivity index (χ2n) is 10.3. The molecule has 1 atom stereocenters. The Kier molecular flexibility index (Phi) is 9.07. The molecular formula is C31H37N3O4S. The maximum absolute atomic E-state index is 14.0. The lowest BCUT2D eigenvalue weighted by Crippen LogP contribution is -2.52. The molecule has 0 unspecified atom stereocenters. The van der Waals surface area contributed by atoms with Crippen molar-refractivity contribution >= 4 is 27.5 Å². The van der Waals surface area contributed by atoms with Crippen molar-refractivity contribution in [1.29, 1.82) is 0 Å². The van der Waals surface area contributed by atoms with Gasteiger partial charge < -0.3 is 10.2 Å². The van der Waals surface area contributed by atoms with Gasteiger partial charge in [0.15, 0.2) is 0 Å². The maximum Gasteiger partial charge on any atom is 0.264 e. The lowest BCUT2D eigenvalue weighted by Gasteiger charge is -2.33. The van der Waals surface area contributed by atoms with Crippen LogP contribution in [0.4, 0.5) is 5.69 Å². The van der Waals surface area contributed by atoms with Gasteiger partial charge in [0.2, 0.25) is 11.8 Å². The summed E-state index contributed by atoms with van der Waals surface area (Å²) in [5.74, 6) is -0.676. The van der Waals surface area contributed by atoms with Gasteiger partial charge >= 0.3 is 0 Å². The summed E-state index contributed by atoms with van der Waals surface area (Å²) in [4.78, 5) is 28.9. The maximum atomic E-state index is 14.0. The van der Waals surface area contributed by atoms with Crippen LogP contribution in [0.1, 0.15) is 49.3 Å². The topological polar surface area (TPSA) is 86.8 Å². The molecule has 0 radical (unpaired) electrons. The minimum atomic E-state index is -4.06. The van der Waals surface area contributed by atoms with E-state index in [1.165, 1.54) is 17.0 Å². The summed E-state index contributed by atoms with van der Waals surface area (Å²) in [5.41, 5.74) is 3.16. The van der Waals surface area contributed by atoms with Crippen LogP contribution >= 0.6 is 0 Å². The number of nitrogens with one attached hydrogen (secondary N) is 1. The van der Waals surface area contributed by atoms with Gasteiger partial charge in [-0.05, 0) is 74.6 Å². The molecule has 8 heteroatoms. The number of carbonyl (C=O) groups is 2. The van der Waals surface area contributed by atoms with Crippen LogP contribution in [-0.4, -0.2) is 43.8 Å². The molecule has 39 heavy (non-hydrogen) atoms. The van der Waals surface area contributed by atoms with Crippen molar-refractivity contribution in [2.24, 2.45) is 0 Å². The number of nitrogens with zero attached hydrogens (tertiary/aromatic N) is 2. The quantitative estimate of drug-likeness (QED) is 0.388. The number of anilines is 1. The fraction of sp³-hybridized carbons (Fsp3) is 0.355. The molecule has 0 bridgehead atoms. The third-order valence-electron chi connectivity index (χ3n) is 7.37. The van der Waals surface area contributed by atoms with Crippen molar-refractivity contribution in [2.75, 3.05) is 10.8 Å². The second-order valence-corrected chi connectivity index (χ2v) is 12.1. The van der Waals surface area contributed by atoms with E-state index in [-0.39, 0.29) is 23.4 Å². The van der Waals surface area contributed by atoms with Gasteiger partial charge in [0.25, 0.3) is 10.0 Å². The van der Waals surface area contributed by atoms with Gasteiger partial charge in [-0.3, -0.25) is 13.9 Å². The van der Waals surface area contributed by atoms with Crippen LogP contribution in [-0.2, 0) is 26.2 Å². The van der Waals surface area contributed by atoms with Crippen molar-refractivity contribution in [2.45, 2.75) is 70.0 Å². The summed E-state index contributed by atoms with van der Waals surface area (Å²) in [6.07, 6.45) is 4.02.